The van der Waals surface area contributed by atoms with Crippen LogP contribution in [-0.4, -0.2) is 18.0 Å². The second-order valence-electron chi connectivity index (χ2n) is 6.28. The van der Waals surface area contributed by atoms with E-state index in [0.717, 1.165) is 44.2 Å². The van der Waals surface area contributed by atoms with E-state index in [0.29, 0.717) is 11.8 Å². The van der Waals surface area contributed by atoms with Gasteiger partial charge in [0.15, 0.2) is 0 Å². The van der Waals surface area contributed by atoms with Crippen LogP contribution in [0.15, 0.2) is 18.2 Å². The van der Waals surface area contributed by atoms with Crippen molar-refractivity contribution in [3.05, 3.63) is 35.4 Å². The Hall–Kier alpha value is -1.20. The van der Waals surface area contributed by atoms with Crippen LogP contribution in [0, 0.1) is 23.5 Å². The summed E-state index contributed by atoms with van der Waals surface area (Å²) in [6.07, 6.45) is 4.94. The number of hydrogen-bond acceptors (Lipinski definition) is 2. The number of carbonyl (C=O) groups excluding carboxylic acids is 1. The van der Waals surface area contributed by atoms with Crippen molar-refractivity contribution in [3.8, 4) is 0 Å². The molecule has 3 rings (SSSR count). The second kappa shape index (κ2) is 6.92. The van der Waals surface area contributed by atoms with Gasteiger partial charge in [-0.2, -0.15) is 0 Å². The van der Waals surface area contributed by atoms with Gasteiger partial charge in [-0.05, 0) is 49.7 Å². The predicted octanol–water partition coefficient (Wildman–Crippen LogP) is 3.02. The van der Waals surface area contributed by atoms with Crippen LogP contribution in [0.1, 0.15) is 42.5 Å². The summed E-state index contributed by atoms with van der Waals surface area (Å²) in [4.78, 5) is 12.2. The molecule has 0 heterocycles. The lowest BCUT2D eigenvalue weighted by Gasteiger charge is -2.45. The Kier molecular flexibility index (Phi) is 5.40. The monoisotopic (exact) mass is 330 g/mol. The molecule has 2 fully saturated rings. The number of halogens is 3. The number of rotatable bonds is 2. The number of fused-ring (bicyclic) bond motifs is 2. The lowest BCUT2D eigenvalue weighted by atomic mass is 9.67. The van der Waals surface area contributed by atoms with Crippen molar-refractivity contribution in [2.75, 3.05) is 0 Å². The summed E-state index contributed by atoms with van der Waals surface area (Å²) in [6.45, 7) is 0. The standard InChI is InChI=1S/C16H20F2N2O.ClH/c17-12-5-2-6-13(18)14(12)16(21)20-15-9-3-1-4-10(15)8-11(19)7-9;/h2,5-6,9-11,15H,1,3-4,7-8,19H2,(H,20,21);1H. The van der Waals surface area contributed by atoms with Gasteiger partial charge >= 0.3 is 0 Å². The molecule has 3 N–H and O–H groups in total. The molecule has 1 amide bonds. The molecule has 3 nitrogen and oxygen atoms in total. The van der Waals surface area contributed by atoms with Crippen LogP contribution in [0.2, 0.25) is 0 Å². The quantitative estimate of drug-likeness (QED) is 0.875. The first-order valence-corrected chi connectivity index (χ1v) is 7.56. The number of carbonyl (C=O) groups is 1. The minimum absolute atomic E-state index is 0. The summed E-state index contributed by atoms with van der Waals surface area (Å²) in [7, 11) is 0. The molecule has 2 aliphatic rings. The molecule has 2 bridgehead atoms. The maximum absolute atomic E-state index is 13.7. The molecule has 6 heteroatoms. The van der Waals surface area contributed by atoms with Crippen molar-refractivity contribution in [3.63, 3.8) is 0 Å². The Morgan fingerprint density at radius 3 is 2.23 bits per heavy atom. The van der Waals surface area contributed by atoms with E-state index in [-0.39, 0.29) is 24.5 Å². The summed E-state index contributed by atoms with van der Waals surface area (Å²) in [5, 5.41) is 2.86. The van der Waals surface area contributed by atoms with Crippen molar-refractivity contribution in [2.45, 2.75) is 44.2 Å². The number of benzene rings is 1. The summed E-state index contributed by atoms with van der Waals surface area (Å²) in [5.74, 6) is -1.63. The summed E-state index contributed by atoms with van der Waals surface area (Å²) in [6, 6.07) is 3.64. The minimum atomic E-state index is -0.815. The molecular weight excluding hydrogens is 310 g/mol. The van der Waals surface area contributed by atoms with Gasteiger partial charge in [0.1, 0.15) is 17.2 Å². The third-order valence-electron chi connectivity index (χ3n) is 4.86. The molecule has 22 heavy (non-hydrogen) atoms. The van der Waals surface area contributed by atoms with Gasteiger partial charge < -0.3 is 11.1 Å². The second-order valence-corrected chi connectivity index (χ2v) is 6.28. The third-order valence-corrected chi connectivity index (χ3v) is 4.86. The molecule has 2 atom stereocenters. The first-order chi connectivity index (χ1) is 10.1. The fraction of sp³-hybridized carbons (Fsp3) is 0.562. The molecule has 1 aromatic rings. The molecule has 2 unspecified atom stereocenters. The third kappa shape index (κ3) is 3.25. The van der Waals surface area contributed by atoms with Gasteiger partial charge in [-0.25, -0.2) is 8.78 Å². The Bertz CT molecular complexity index is 521. The van der Waals surface area contributed by atoms with Gasteiger partial charge in [0.25, 0.3) is 5.91 Å². The maximum atomic E-state index is 13.7. The molecule has 0 saturated heterocycles. The number of nitrogens with two attached hydrogens (primary N) is 1. The lowest BCUT2D eigenvalue weighted by Crippen LogP contribution is -2.53. The van der Waals surface area contributed by atoms with Gasteiger partial charge in [-0.15, -0.1) is 12.4 Å². The van der Waals surface area contributed by atoms with E-state index in [1.54, 1.807) is 0 Å². The highest BCUT2D eigenvalue weighted by Gasteiger charge is 2.40. The van der Waals surface area contributed by atoms with Crippen LogP contribution in [0.5, 0.6) is 0 Å². The van der Waals surface area contributed by atoms with E-state index in [1.165, 1.54) is 6.07 Å². The molecule has 0 aliphatic heterocycles. The number of nitrogens with one attached hydrogen (secondary N) is 1. The van der Waals surface area contributed by atoms with Crippen LogP contribution >= 0.6 is 12.4 Å². The van der Waals surface area contributed by atoms with E-state index >= 15 is 0 Å². The molecular formula is C16H21ClF2N2O. The maximum Gasteiger partial charge on any atom is 0.257 e. The number of hydrogen-bond donors (Lipinski definition) is 2. The zero-order valence-corrected chi connectivity index (χ0v) is 13.0. The van der Waals surface area contributed by atoms with E-state index in [9.17, 15) is 13.6 Å². The van der Waals surface area contributed by atoms with Crippen molar-refractivity contribution in [1.29, 1.82) is 0 Å². The fourth-order valence-electron chi connectivity index (χ4n) is 3.96. The Balaban J connectivity index is 0.00000176. The van der Waals surface area contributed by atoms with Gasteiger partial charge in [-0.3, -0.25) is 4.79 Å². The van der Waals surface area contributed by atoms with Crippen molar-refractivity contribution >= 4 is 18.3 Å². The zero-order valence-electron chi connectivity index (χ0n) is 12.2. The lowest BCUT2D eigenvalue weighted by molar-refractivity contribution is 0.0748. The van der Waals surface area contributed by atoms with E-state index in [4.69, 9.17) is 5.73 Å². The topological polar surface area (TPSA) is 55.1 Å². The molecule has 0 spiro atoms. The SMILES string of the molecule is Cl.NC1CC2CCCC(C1)C2NC(=O)c1c(F)cccc1F. The van der Waals surface area contributed by atoms with E-state index in [1.807, 2.05) is 0 Å². The minimum Gasteiger partial charge on any atom is -0.349 e. The van der Waals surface area contributed by atoms with Gasteiger partial charge in [0, 0.05) is 12.1 Å². The Labute approximate surface area is 135 Å². The highest BCUT2D eigenvalue weighted by atomic mass is 35.5. The molecule has 0 radical (unpaired) electrons. The van der Waals surface area contributed by atoms with Gasteiger partial charge in [0.05, 0.1) is 0 Å². The molecule has 1 aromatic carbocycles. The molecule has 0 aromatic heterocycles. The molecule has 122 valence electrons. The van der Waals surface area contributed by atoms with Crippen LogP contribution < -0.4 is 11.1 Å². The van der Waals surface area contributed by atoms with Gasteiger partial charge in [0.2, 0.25) is 0 Å². The van der Waals surface area contributed by atoms with Crippen LogP contribution in [0.25, 0.3) is 0 Å². The van der Waals surface area contributed by atoms with Crippen molar-refractivity contribution in [2.24, 2.45) is 17.6 Å². The fourth-order valence-corrected chi connectivity index (χ4v) is 3.96. The van der Waals surface area contributed by atoms with Gasteiger partial charge in [-0.1, -0.05) is 12.5 Å². The first kappa shape index (κ1) is 17.2. The largest absolute Gasteiger partial charge is 0.349 e. The van der Waals surface area contributed by atoms with Crippen molar-refractivity contribution < 1.29 is 13.6 Å². The summed E-state index contributed by atoms with van der Waals surface area (Å²) < 4.78 is 27.4. The normalized spacial score (nSPS) is 30.3. The Morgan fingerprint density at radius 1 is 1.14 bits per heavy atom. The van der Waals surface area contributed by atoms with Crippen LogP contribution in [0.3, 0.4) is 0 Å². The average Bonchev–Trinajstić information content (AvgIpc) is 2.39. The summed E-state index contributed by atoms with van der Waals surface area (Å²) >= 11 is 0. The molecule has 2 aliphatic carbocycles. The first-order valence-electron chi connectivity index (χ1n) is 7.56. The Morgan fingerprint density at radius 2 is 1.68 bits per heavy atom. The smallest absolute Gasteiger partial charge is 0.257 e. The summed E-state index contributed by atoms with van der Waals surface area (Å²) in [5.41, 5.74) is 5.56. The van der Waals surface area contributed by atoms with Crippen LogP contribution in [-0.2, 0) is 0 Å². The highest BCUT2D eigenvalue weighted by molar-refractivity contribution is 5.95. The molecule has 2 saturated carbocycles. The van der Waals surface area contributed by atoms with E-state index < -0.39 is 23.1 Å². The highest BCUT2D eigenvalue weighted by Crippen LogP contribution is 2.39. The van der Waals surface area contributed by atoms with E-state index in [2.05, 4.69) is 5.32 Å². The number of amides is 1. The van der Waals surface area contributed by atoms with Crippen molar-refractivity contribution in [1.82, 2.24) is 5.32 Å². The predicted molar refractivity (Wildman–Crippen MR) is 82.9 cm³/mol. The average molecular weight is 331 g/mol. The zero-order chi connectivity index (χ0) is 15.0. The van der Waals surface area contributed by atoms with Crippen LogP contribution in [0.4, 0.5) is 8.78 Å².